The van der Waals surface area contributed by atoms with E-state index in [2.05, 4.69) is 4.98 Å². The van der Waals surface area contributed by atoms with Crippen molar-refractivity contribution in [2.75, 3.05) is 0 Å². The summed E-state index contributed by atoms with van der Waals surface area (Å²) in [5.41, 5.74) is 0. The molecule has 0 unspecified atom stereocenters. The van der Waals surface area contributed by atoms with Crippen molar-refractivity contribution < 1.29 is 4.74 Å². The molecule has 2 aromatic rings. The number of hydrogen-bond acceptors (Lipinski definition) is 2. The van der Waals surface area contributed by atoms with E-state index in [-0.39, 0.29) is 5.15 Å². The van der Waals surface area contributed by atoms with E-state index in [0.717, 1.165) is 0 Å². The molecular weight excluding hydrogens is 304 g/mol. The van der Waals surface area contributed by atoms with Gasteiger partial charge in [-0.05, 0) is 12.1 Å². The van der Waals surface area contributed by atoms with Crippen molar-refractivity contribution >= 4 is 46.4 Å². The third-order valence-corrected chi connectivity index (χ3v) is 3.22. The first-order chi connectivity index (χ1) is 8.08. The van der Waals surface area contributed by atoms with E-state index in [1.165, 1.54) is 12.3 Å². The molecule has 0 fully saturated rings. The Hall–Kier alpha value is -0.670. The maximum Gasteiger partial charge on any atom is 0.150 e. The summed E-state index contributed by atoms with van der Waals surface area (Å²) in [6, 6.07) is 6.57. The van der Waals surface area contributed by atoms with Gasteiger partial charge in [0, 0.05) is 6.07 Å². The molecule has 2 rings (SSSR count). The third kappa shape index (κ3) is 2.96. The first kappa shape index (κ1) is 12.8. The van der Waals surface area contributed by atoms with Gasteiger partial charge in [0.15, 0.2) is 5.75 Å². The predicted molar refractivity (Wildman–Crippen MR) is 70.8 cm³/mol. The van der Waals surface area contributed by atoms with Crippen LogP contribution in [-0.2, 0) is 0 Å². The molecule has 0 radical (unpaired) electrons. The highest BCUT2D eigenvalue weighted by molar-refractivity contribution is 6.43. The topological polar surface area (TPSA) is 22.1 Å². The van der Waals surface area contributed by atoms with Crippen molar-refractivity contribution in [3.8, 4) is 11.5 Å². The lowest BCUT2D eigenvalue weighted by Crippen LogP contribution is -1.88. The van der Waals surface area contributed by atoms with Gasteiger partial charge in [-0.1, -0.05) is 52.5 Å². The molecule has 1 aromatic carbocycles. The highest BCUT2D eigenvalue weighted by atomic mass is 35.5. The van der Waals surface area contributed by atoms with Gasteiger partial charge in [0.05, 0.1) is 11.2 Å². The molecule has 2 nitrogen and oxygen atoms in total. The molecule has 0 amide bonds. The predicted octanol–water partition coefficient (Wildman–Crippen LogP) is 5.49. The van der Waals surface area contributed by atoms with E-state index in [0.29, 0.717) is 26.6 Å². The Labute approximate surface area is 118 Å². The van der Waals surface area contributed by atoms with Gasteiger partial charge in [0.25, 0.3) is 0 Å². The lowest BCUT2D eigenvalue weighted by atomic mass is 10.3. The van der Waals surface area contributed by atoms with Crippen LogP contribution in [0.3, 0.4) is 0 Å². The van der Waals surface area contributed by atoms with E-state index < -0.39 is 0 Å². The van der Waals surface area contributed by atoms with Crippen LogP contribution >= 0.6 is 46.4 Å². The van der Waals surface area contributed by atoms with E-state index in [9.17, 15) is 0 Å². The maximum atomic E-state index is 5.99. The summed E-state index contributed by atoms with van der Waals surface area (Å²) in [4.78, 5) is 3.82. The van der Waals surface area contributed by atoms with Crippen LogP contribution in [-0.4, -0.2) is 4.98 Å². The van der Waals surface area contributed by atoms with Gasteiger partial charge in [-0.25, -0.2) is 4.98 Å². The fourth-order valence-corrected chi connectivity index (χ4v) is 1.78. The number of rotatable bonds is 2. The van der Waals surface area contributed by atoms with Crippen molar-refractivity contribution in [1.29, 1.82) is 0 Å². The monoisotopic (exact) mass is 307 g/mol. The zero-order valence-corrected chi connectivity index (χ0v) is 11.3. The molecule has 17 heavy (non-hydrogen) atoms. The summed E-state index contributed by atoms with van der Waals surface area (Å²) in [5.74, 6) is 0.777. The molecule has 0 saturated heterocycles. The van der Waals surface area contributed by atoms with Crippen LogP contribution in [0.15, 0.2) is 30.5 Å². The average molecular weight is 309 g/mol. The molecular formula is C11H5Cl4NO. The van der Waals surface area contributed by atoms with Crippen molar-refractivity contribution in [2.45, 2.75) is 0 Å². The Balaban J connectivity index is 2.38. The first-order valence-corrected chi connectivity index (χ1v) is 6.02. The quantitative estimate of drug-likeness (QED) is 0.685. The van der Waals surface area contributed by atoms with Crippen LogP contribution in [0.1, 0.15) is 0 Å². The van der Waals surface area contributed by atoms with Crippen molar-refractivity contribution in [2.24, 2.45) is 0 Å². The summed E-state index contributed by atoms with van der Waals surface area (Å²) in [5, 5.41) is 1.34. The van der Waals surface area contributed by atoms with Crippen LogP contribution < -0.4 is 4.74 Å². The molecule has 1 heterocycles. The molecule has 6 heteroatoms. The molecule has 0 aliphatic rings. The Kier molecular flexibility index (Phi) is 4.00. The number of halogens is 4. The Bertz CT molecular complexity index is 559. The van der Waals surface area contributed by atoms with Gasteiger partial charge in [0.2, 0.25) is 0 Å². The molecule has 1 aromatic heterocycles. The largest absolute Gasteiger partial charge is 0.454 e. The molecule has 88 valence electrons. The minimum absolute atomic E-state index is 0.280. The maximum absolute atomic E-state index is 5.99. The zero-order valence-electron chi connectivity index (χ0n) is 8.25. The number of nitrogens with zero attached hydrogens (tertiary/aromatic N) is 1. The highest BCUT2D eigenvalue weighted by Crippen LogP contribution is 2.37. The summed E-state index contributed by atoms with van der Waals surface area (Å²) < 4.78 is 5.53. The smallest absolute Gasteiger partial charge is 0.150 e. The Morgan fingerprint density at radius 2 is 1.71 bits per heavy atom. The number of ether oxygens (including phenoxy) is 1. The lowest BCUT2D eigenvalue weighted by molar-refractivity contribution is 0.482. The summed E-state index contributed by atoms with van der Waals surface area (Å²) in [7, 11) is 0. The molecule has 0 atom stereocenters. The second-order valence-electron chi connectivity index (χ2n) is 3.09. The molecule has 0 aliphatic heterocycles. The molecule has 0 bridgehead atoms. The summed E-state index contributed by atoms with van der Waals surface area (Å²) in [6.45, 7) is 0. The molecule has 0 aliphatic carbocycles. The van der Waals surface area contributed by atoms with Crippen molar-refractivity contribution in [1.82, 2.24) is 4.98 Å². The van der Waals surface area contributed by atoms with Gasteiger partial charge in [-0.15, -0.1) is 0 Å². The number of hydrogen-bond donors (Lipinski definition) is 0. The van der Waals surface area contributed by atoms with E-state index >= 15 is 0 Å². The standard InChI is InChI=1S/C11H5Cl4NO/c12-6-2-1-3-8(11(6)15)17-9-4-10(14)16-5-7(9)13/h1-5H. The van der Waals surface area contributed by atoms with E-state index in [4.69, 9.17) is 51.1 Å². The van der Waals surface area contributed by atoms with Crippen LogP contribution in [0, 0.1) is 0 Å². The number of benzene rings is 1. The fourth-order valence-electron chi connectivity index (χ4n) is 1.16. The van der Waals surface area contributed by atoms with Gasteiger partial charge >= 0.3 is 0 Å². The second kappa shape index (κ2) is 5.32. The average Bonchev–Trinajstić information content (AvgIpc) is 2.30. The number of aromatic nitrogens is 1. The SMILES string of the molecule is Clc1cc(Oc2cccc(Cl)c2Cl)c(Cl)cn1. The first-order valence-electron chi connectivity index (χ1n) is 4.51. The highest BCUT2D eigenvalue weighted by Gasteiger charge is 2.09. The lowest BCUT2D eigenvalue weighted by Gasteiger charge is -2.09. The van der Waals surface area contributed by atoms with Gasteiger partial charge in [-0.2, -0.15) is 0 Å². The minimum Gasteiger partial charge on any atom is -0.454 e. The Morgan fingerprint density at radius 1 is 0.941 bits per heavy atom. The molecule has 0 N–H and O–H groups in total. The van der Waals surface area contributed by atoms with Crippen molar-refractivity contribution in [3.63, 3.8) is 0 Å². The van der Waals surface area contributed by atoms with E-state index in [1.807, 2.05) is 0 Å². The second-order valence-corrected chi connectivity index (χ2v) is 4.67. The van der Waals surface area contributed by atoms with Crippen LogP contribution in [0.5, 0.6) is 11.5 Å². The summed E-state index contributed by atoms with van der Waals surface area (Å²) >= 11 is 23.5. The molecule has 0 saturated carbocycles. The zero-order chi connectivity index (χ0) is 12.4. The number of pyridine rings is 1. The fraction of sp³-hybridized carbons (Fsp3) is 0. The molecule has 0 spiro atoms. The normalized spacial score (nSPS) is 10.4. The van der Waals surface area contributed by atoms with E-state index in [1.54, 1.807) is 18.2 Å². The van der Waals surface area contributed by atoms with Crippen LogP contribution in [0.25, 0.3) is 0 Å². The van der Waals surface area contributed by atoms with Crippen LogP contribution in [0.2, 0.25) is 20.2 Å². The minimum atomic E-state index is 0.280. The van der Waals surface area contributed by atoms with Gasteiger partial charge < -0.3 is 4.74 Å². The Morgan fingerprint density at radius 3 is 2.47 bits per heavy atom. The van der Waals surface area contributed by atoms with Gasteiger partial charge in [0.1, 0.15) is 20.9 Å². The van der Waals surface area contributed by atoms with Crippen molar-refractivity contribution in [3.05, 3.63) is 50.7 Å². The summed E-state index contributed by atoms with van der Waals surface area (Å²) in [6.07, 6.45) is 1.40. The third-order valence-electron chi connectivity index (χ3n) is 1.92. The van der Waals surface area contributed by atoms with Crippen LogP contribution in [0.4, 0.5) is 0 Å². The van der Waals surface area contributed by atoms with Gasteiger partial charge in [-0.3, -0.25) is 0 Å².